The number of thioether (sulfide) groups is 1. The molecule has 9 heteroatoms. The first-order chi connectivity index (χ1) is 16.1. The number of benzene rings is 3. The fraction of sp³-hybridized carbons (Fsp3) is 0.0417. The molecule has 0 aliphatic carbocycles. The van der Waals surface area contributed by atoms with E-state index in [0.717, 1.165) is 16.5 Å². The van der Waals surface area contributed by atoms with Gasteiger partial charge in [-0.05, 0) is 54.6 Å². The Hall–Kier alpha value is -3.98. The van der Waals surface area contributed by atoms with Gasteiger partial charge in [0.15, 0.2) is 11.0 Å². The third kappa shape index (κ3) is 4.35. The van der Waals surface area contributed by atoms with Crippen molar-refractivity contribution in [2.75, 3.05) is 11.1 Å². The van der Waals surface area contributed by atoms with Crippen molar-refractivity contribution in [1.82, 2.24) is 19.7 Å². The van der Waals surface area contributed by atoms with Crippen LogP contribution in [0.25, 0.3) is 28.0 Å². The lowest BCUT2D eigenvalue weighted by molar-refractivity contribution is -0.113. The summed E-state index contributed by atoms with van der Waals surface area (Å²) in [7, 11) is 0. The van der Waals surface area contributed by atoms with Crippen LogP contribution < -0.4 is 5.32 Å². The number of hydrogen-bond acceptors (Lipinski definition) is 4. The van der Waals surface area contributed by atoms with Crippen molar-refractivity contribution < 1.29 is 13.6 Å². The summed E-state index contributed by atoms with van der Waals surface area (Å²) in [5, 5.41) is 12.9. The Bertz CT molecular complexity index is 1430. The summed E-state index contributed by atoms with van der Waals surface area (Å²) in [4.78, 5) is 15.7. The summed E-state index contributed by atoms with van der Waals surface area (Å²) in [6.07, 6.45) is 1.85. The minimum atomic E-state index is -0.375. The van der Waals surface area contributed by atoms with Crippen molar-refractivity contribution in [2.24, 2.45) is 0 Å². The van der Waals surface area contributed by atoms with Crippen molar-refractivity contribution in [3.8, 4) is 17.1 Å². The number of aromatic nitrogens is 4. The number of carbonyl (C=O) groups excluding carboxylic acids is 1. The third-order valence-electron chi connectivity index (χ3n) is 5.01. The number of halogens is 2. The summed E-state index contributed by atoms with van der Waals surface area (Å²) in [6, 6.07) is 19.4. The molecule has 0 aliphatic heterocycles. The first-order valence-corrected chi connectivity index (χ1v) is 11.0. The van der Waals surface area contributed by atoms with Crippen LogP contribution in [0.2, 0.25) is 0 Å². The van der Waals surface area contributed by atoms with Crippen molar-refractivity contribution in [3.63, 3.8) is 0 Å². The highest BCUT2D eigenvalue weighted by Crippen LogP contribution is 2.32. The highest BCUT2D eigenvalue weighted by atomic mass is 32.2. The number of nitrogens with zero attached hydrogens (tertiary/aromatic N) is 3. The fourth-order valence-electron chi connectivity index (χ4n) is 3.48. The number of amides is 1. The molecule has 0 radical (unpaired) electrons. The smallest absolute Gasteiger partial charge is 0.234 e. The number of hydrogen-bond donors (Lipinski definition) is 2. The zero-order valence-corrected chi connectivity index (χ0v) is 17.9. The molecule has 0 fully saturated rings. The lowest BCUT2D eigenvalue weighted by Gasteiger charge is -2.10. The Labute approximate surface area is 191 Å². The molecule has 0 spiro atoms. The van der Waals surface area contributed by atoms with Gasteiger partial charge in [0.25, 0.3) is 0 Å². The predicted octanol–water partition coefficient (Wildman–Crippen LogP) is 5.42. The molecule has 2 aromatic heterocycles. The predicted molar refractivity (Wildman–Crippen MR) is 124 cm³/mol. The molecule has 5 rings (SSSR count). The van der Waals surface area contributed by atoms with Crippen LogP contribution in [0.4, 0.5) is 14.5 Å². The number of anilines is 1. The SMILES string of the molecule is O=C(CSc1nnc(-c2c[nH]c3ccccc23)n1-c1ccc(F)cc1)Nc1ccc(F)cc1. The molecule has 0 atom stereocenters. The van der Waals surface area contributed by atoms with E-state index in [-0.39, 0.29) is 23.3 Å². The maximum Gasteiger partial charge on any atom is 0.234 e. The average molecular weight is 461 g/mol. The van der Waals surface area contributed by atoms with E-state index < -0.39 is 0 Å². The summed E-state index contributed by atoms with van der Waals surface area (Å²) < 4.78 is 28.4. The minimum Gasteiger partial charge on any atom is -0.360 e. The lowest BCUT2D eigenvalue weighted by atomic mass is 10.1. The van der Waals surface area contributed by atoms with E-state index in [0.29, 0.717) is 22.4 Å². The van der Waals surface area contributed by atoms with Gasteiger partial charge >= 0.3 is 0 Å². The van der Waals surface area contributed by atoms with Crippen molar-refractivity contribution >= 4 is 34.3 Å². The molecule has 33 heavy (non-hydrogen) atoms. The first kappa shape index (κ1) is 20.9. The molecule has 0 unspecified atom stereocenters. The molecule has 6 nitrogen and oxygen atoms in total. The topological polar surface area (TPSA) is 75.6 Å². The second kappa shape index (κ2) is 8.87. The number of carbonyl (C=O) groups is 1. The molecule has 0 bridgehead atoms. The molecular formula is C24H17F2N5OS. The van der Waals surface area contributed by atoms with Gasteiger partial charge in [-0.2, -0.15) is 0 Å². The molecule has 5 aromatic rings. The average Bonchev–Trinajstić information content (AvgIpc) is 3.44. The van der Waals surface area contributed by atoms with Gasteiger partial charge in [0.1, 0.15) is 11.6 Å². The maximum absolute atomic E-state index is 13.6. The molecule has 164 valence electrons. The van der Waals surface area contributed by atoms with Crippen LogP contribution in [0.3, 0.4) is 0 Å². The maximum atomic E-state index is 13.6. The fourth-order valence-corrected chi connectivity index (χ4v) is 4.23. The van der Waals surface area contributed by atoms with Crippen LogP contribution in [-0.4, -0.2) is 31.4 Å². The molecule has 0 aliphatic rings. The molecule has 0 saturated carbocycles. The van der Waals surface area contributed by atoms with E-state index in [1.807, 2.05) is 30.5 Å². The molecule has 2 N–H and O–H groups in total. The van der Waals surface area contributed by atoms with Crippen LogP contribution in [0.1, 0.15) is 0 Å². The van der Waals surface area contributed by atoms with Crippen molar-refractivity contribution in [2.45, 2.75) is 5.16 Å². The Morgan fingerprint density at radius 2 is 1.64 bits per heavy atom. The highest BCUT2D eigenvalue weighted by molar-refractivity contribution is 7.99. The zero-order valence-electron chi connectivity index (χ0n) is 17.1. The van der Waals surface area contributed by atoms with Gasteiger partial charge in [-0.3, -0.25) is 9.36 Å². The number of aromatic amines is 1. The van der Waals surface area contributed by atoms with Gasteiger partial charge < -0.3 is 10.3 Å². The zero-order chi connectivity index (χ0) is 22.8. The number of fused-ring (bicyclic) bond motifs is 1. The van der Waals surface area contributed by atoms with Gasteiger partial charge in [0, 0.05) is 34.0 Å². The number of H-pyrrole nitrogens is 1. The number of nitrogens with one attached hydrogen (secondary N) is 2. The van der Waals surface area contributed by atoms with Crippen LogP contribution in [0, 0.1) is 11.6 Å². The number of para-hydroxylation sites is 1. The van der Waals surface area contributed by atoms with Gasteiger partial charge in [-0.1, -0.05) is 30.0 Å². The Morgan fingerprint density at radius 3 is 2.39 bits per heavy atom. The normalized spacial score (nSPS) is 11.1. The monoisotopic (exact) mass is 461 g/mol. The van der Waals surface area contributed by atoms with Gasteiger partial charge in [0.05, 0.1) is 5.75 Å². The molecule has 2 heterocycles. The molecule has 3 aromatic carbocycles. The Kier molecular flexibility index (Phi) is 5.62. The van der Waals surface area contributed by atoms with Gasteiger partial charge in [0.2, 0.25) is 5.91 Å². The van der Waals surface area contributed by atoms with Gasteiger partial charge in [-0.15, -0.1) is 10.2 Å². The van der Waals surface area contributed by atoms with Crippen LogP contribution in [-0.2, 0) is 4.79 Å². The van der Waals surface area contributed by atoms with E-state index in [1.165, 1.54) is 48.2 Å². The third-order valence-corrected chi connectivity index (χ3v) is 5.94. The minimum absolute atomic E-state index is 0.0601. The van der Waals surface area contributed by atoms with Crippen LogP contribution in [0.15, 0.2) is 84.1 Å². The summed E-state index contributed by atoms with van der Waals surface area (Å²) in [5.41, 5.74) is 2.96. The second-order valence-corrected chi connectivity index (χ2v) is 8.15. The van der Waals surface area contributed by atoms with E-state index >= 15 is 0 Å². The second-order valence-electron chi connectivity index (χ2n) is 7.21. The molecule has 1 amide bonds. The van der Waals surface area contributed by atoms with E-state index in [1.54, 1.807) is 16.7 Å². The van der Waals surface area contributed by atoms with Gasteiger partial charge in [-0.25, -0.2) is 8.78 Å². The molecule has 0 saturated heterocycles. The van der Waals surface area contributed by atoms with Crippen molar-refractivity contribution in [3.05, 3.63) is 90.6 Å². The van der Waals surface area contributed by atoms with E-state index in [9.17, 15) is 13.6 Å². The van der Waals surface area contributed by atoms with E-state index in [4.69, 9.17) is 0 Å². The highest BCUT2D eigenvalue weighted by Gasteiger charge is 2.20. The van der Waals surface area contributed by atoms with E-state index in [2.05, 4.69) is 20.5 Å². The Balaban J connectivity index is 1.46. The van der Waals surface area contributed by atoms with Crippen LogP contribution in [0.5, 0.6) is 0 Å². The largest absolute Gasteiger partial charge is 0.360 e. The molecular weight excluding hydrogens is 444 g/mol. The first-order valence-electron chi connectivity index (χ1n) is 10.0. The summed E-state index contributed by atoms with van der Waals surface area (Å²) in [6.45, 7) is 0. The van der Waals surface area contributed by atoms with Crippen LogP contribution >= 0.6 is 11.8 Å². The summed E-state index contributed by atoms with van der Waals surface area (Å²) >= 11 is 1.20. The van der Waals surface area contributed by atoms with Crippen molar-refractivity contribution in [1.29, 1.82) is 0 Å². The Morgan fingerprint density at radius 1 is 0.939 bits per heavy atom. The summed E-state index contributed by atoms with van der Waals surface area (Å²) in [5.74, 6) is -0.368. The number of rotatable bonds is 6. The quantitative estimate of drug-likeness (QED) is 0.331. The lowest BCUT2D eigenvalue weighted by Crippen LogP contribution is -2.14. The standard InChI is InChI=1S/C24H17F2N5OS/c25-15-5-9-17(10-6-15)28-22(32)14-33-24-30-29-23(31(24)18-11-7-16(26)8-12-18)20-13-27-21-4-2-1-3-19(20)21/h1-13,27H,14H2,(H,28,32).